The third-order valence-electron chi connectivity index (χ3n) is 4.71. The topological polar surface area (TPSA) is 106 Å². The first-order chi connectivity index (χ1) is 13.2. The number of carbonyl (C=O) groups excluding carboxylic acids is 1. The second-order valence-electron chi connectivity index (χ2n) is 6.95. The summed E-state index contributed by atoms with van der Waals surface area (Å²) in [5.74, 6) is -0.310. The maximum absolute atomic E-state index is 12.6. The number of hydrogen-bond donors (Lipinski definition) is 2. The minimum atomic E-state index is -3.40. The molecule has 2 atom stereocenters. The predicted octanol–water partition coefficient (Wildman–Crippen LogP) is 2.03. The van der Waals surface area contributed by atoms with Gasteiger partial charge < -0.3 is 9.84 Å². The van der Waals surface area contributed by atoms with Crippen molar-refractivity contribution in [2.45, 2.75) is 18.9 Å². The summed E-state index contributed by atoms with van der Waals surface area (Å²) in [6.45, 7) is 0. The van der Waals surface area contributed by atoms with Crippen molar-refractivity contribution in [3.8, 4) is 17.0 Å². The molecular formula is C20H22N2O5S. The molecule has 1 aliphatic rings. The molecule has 1 aromatic carbocycles. The smallest absolute Gasteiger partial charge is 0.316 e. The Hall–Kier alpha value is -2.71. The monoisotopic (exact) mass is 402 g/mol. The number of benzene rings is 1. The highest BCUT2D eigenvalue weighted by Gasteiger charge is 2.43. The van der Waals surface area contributed by atoms with E-state index >= 15 is 0 Å². The lowest BCUT2D eigenvalue weighted by molar-refractivity contribution is -0.149. The lowest BCUT2D eigenvalue weighted by atomic mass is 9.80. The number of nitrogens with one attached hydrogen (secondary N) is 1. The zero-order chi connectivity index (χ0) is 20.4. The summed E-state index contributed by atoms with van der Waals surface area (Å²) >= 11 is 0. The van der Waals surface area contributed by atoms with Gasteiger partial charge in [-0.2, -0.15) is 0 Å². The van der Waals surface area contributed by atoms with Crippen LogP contribution in [0.2, 0.25) is 0 Å². The molecule has 2 N–H and O–H groups in total. The van der Waals surface area contributed by atoms with Gasteiger partial charge >= 0.3 is 5.97 Å². The Morgan fingerprint density at radius 2 is 2.11 bits per heavy atom. The van der Waals surface area contributed by atoms with E-state index in [4.69, 9.17) is 4.74 Å². The van der Waals surface area contributed by atoms with E-state index in [2.05, 4.69) is 9.71 Å². The largest absolute Gasteiger partial charge is 0.507 e. The van der Waals surface area contributed by atoms with Crippen LogP contribution in [0.3, 0.4) is 0 Å². The van der Waals surface area contributed by atoms with E-state index in [1.165, 1.54) is 7.11 Å². The van der Waals surface area contributed by atoms with Crippen molar-refractivity contribution < 1.29 is 23.1 Å². The van der Waals surface area contributed by atoms with Crippen molar-refractivity contribution in [2.75, 3.05) is 13.4 Å². The van der Waals surface area contributed by atoms with E-state index in [1.54, 1.807) is 48.7 Å². The molecule has 2 aromatic rings. The van der Waals surface area contributed by atoms with Gasteiger partial charge in [-0.25, -0.2) is 13.1 Å². The molecule has 0 saturated heterocycles. The van der Waals surface area contributed by atoms with Crippen molar-refractivity contribution in [2.24, 2.45) is 5.41 Å². The first-order valence-corrected chi connectivity index (χ1v) is 10.6. The summed E-state index contributed by atoms with van der Waals surface area (Å²) in [5, 5.41) is 10.1. The number of hydrogen-bond acceptors (Lipinski definition) is 6. The van der Waals surface area contributed by atoms with Gasteiger partial charge in [0.25, 0.3) is 0 Å². The van der Waals surface area contributed by atoms with Gasteiger partial charge in [0.1, 0.15) is 5.75 Å². The fourth-order valence-electron chi connectivity index (χ4n) is 3.53. The minimum absolute atomic E-state index is 0.119. The summed E-state index contributed by atoms with van der Waals surface area (Å²) in [4.78, 5) is 16.9. The Bertz CT molecular complexity index is 1020. The normalized spacial score (nSPS) is 21.6. The lowest BCUT2D eigenvalue weighted by Crippen LogP contribution is -2.38. The molecule has 0 amide bonds. The average molecular weight is 402 g/mol. The van der Waals surface area contributed by atoms with Crippen molar-refractivity contribution in [3.05, 3.63) is 60.3 Å². The number of aromatic hydroxyl groups is 1. The van der Waals surface area contributed by atoms with Crippen LogP contribution >= 0.6 is 0 Å². The van der Waals surface area contributed by atoms with Gasteiger partial charge in [-0.1, -0.05) is 24.3 Å². The van der Waals surface area contributed by atoms with Crippen LogP contribution in [0.15, 0.2) is 54.7 Å². The van der Waals surface area contributed by atoms with Gasteiger partial charge in [-0.3, -0.25) is 9.78 Å². The van der Waals surface area contributed by atoms with Crippen LogP contribution in [-0.4, -0.2) is 43.9 Å². The average Bonchev–Trinajstić information content (AvgIpc) is 3.03. The number of rotatable bonds is 6. The molecule has 0 unspecified atom stereocenters. The van der Waals surface area contributed by atoms with Gasteiger partial charge in [0, 0.05) is 17.8 Å². The molecule has 3 rings (SSSR count). The van der Waals surface area contributed by atoms with Gasteiger partial charge in [0.2, 0.25) is 10.0 Å². The second kappa shape index (κ2) is 7.73. The zero-order valence-corrected chi connectivity index (χ0v) is 16.4. The number of para-hydroxylation sites is 1. The molecule has 28 heavy (non-hydrogen) atoms. The maximum atomic E-state index is 12.6. The van der Waals surface area contributed by atoms with Crippen LogP contribution in [0.1, 0.15) is 12.0 Å². The molecule has 0 aliphatic heterocycles. The molecule has 148 valence electrons. The van der Waals surface area contributed by atoms with Crippen LogP contribution in [0.5, 0.6) is 5.75 Å². The van der Waals surface area contributed by atoms with Crippen molar-refractivity contribution in [1.82, 2.24) is 9.71 Å². The third kappa shape index (κ3) is 4.40. The Balaban J connectivity index is 1.89. The third-order valence-corrected chi connectivity index (χ3v) is 5.44. The molecule has 1 aliphatic carbocycles. The lowest BCUT2D eigenvalue weighted by Gasteiger charge is -2.26. The number of nitrogens with zero attached hydrogens (tertiary/aromatic N) is 1. The van der Waals surface area contributed by atoms with Crippen LogP contribution in [0, 0.1) is 5.41 Å². The van der Waals surface area contributed by atoms with Crippen LogP contribution in [0.25, 0.3) is 11.3 Å². The van der Waals surface area contributed by atoms with Gasteiger partial charge in [-0.05, 0) is 42.7 Å². The van der Waals surface area contributed by atoms with E-state index in [-0.39, 0.29) is 12.2 Å². The first-order valence-electron chi connectivity index (χ1n) is 8.71. The molecule has 0 spiro atoms. The molecule has 1 aromatic heterocycles. The number of pyridine rings is 1. The highest BCUT2D eigenvalue weighted by atomic mass is 32.2. The van der Waals surface area contributed by atoms with Crippen molar-refractivity contribution in [3.63, 3.8) is 0 Å². The summed E-state index contributed by atoms with van der Waals surface area (Å²) in [7, 11) is -2.09. The van der Waals surface area contributed by atoms with E-state index < -0.39 is 27.4 Å². The molecule has 0 bridgehead atoms. The fourth-order valence-corrected chi connectivity index (χ4v) is 4.24. The number of carbonyl (C=O) groups is 1. The fraction of sp³-hybridized carbons (Fsp3) is 0.300. The van der Waals surface area contributed by atoms with Gasteiger partial charge in [0.15, 0.2) is 0 Å². The Morgan fingerprint density at radius 1 is 1.36 bits per heavy atom. The standard InChI is InChI=1S/C20H22N2O5S/c1-27-19(24)20(9-7-15(13-20)22-28(2,25)26)12-14-8-10-21-17(11-14)16-5-3-4-6-18(16)23/h3-11,15,22-23H,12-13H2,1-2H3/t15-,20+/m0/s1. The summed E-state index contributed by atoms with van der Waals surface area (Å²) in [6, 6.07) is 10.0. The highest BCUT2D eigenvalue weighted by Crippen LogP contribution is 2.38. The number of methoxy groups -OCH3 is 1. The first kappa shape index (κ1) is 20.0. The number of phenols is 1. The van der Waals surface area contributed by atoms with E-state index in [0.29, 0.717) is 17.7 Å². The molecule has 1 heterocycles. The maximum Gasteiger partial charge on any atom is 0.316 e. The van der Waals surface area contributed by atoms with Crippen molar-refractivity contribution in [1.29, 1.82) is 0 Å². The summed E-state index contributed by atoms with van der Waals surface area (Å²) < 4.78 is 30.6. The number of ether oxygens (including phenoxy) is 1. The predicted molar refractivity (Wildman–Crippen MR) is 105 cm³/mol. The zero-order valence-electron chi connectivity index (χ0n) is 15.6. The Kier molecular flexibility index (Phi) is 5.53. The van der Waals surface area contributed by atoms with Crippen LogP contribution < -0.4 is 4.72 Å². The molecular weight excluding hydrogens is 380 g/mol. The van der Waals surface area contributed by atoms with E-state index in [9.17, 15) is 18.3 Å². The number of phenolic OH excluding ortho intramolecular Hbond substituents is 1. The van der Waals surface area contributed by atoms with E-state index in [1.807, 2.05) is 6.07 Å². The number of aromatic nitrogens is 1. The molecule has 0 saturated carbocycles. The van der Waals surface area contributed by atoms with Gasteiger partial charge in [-0.15, -0.1) is 0 Å². The molecule has 7 nitrogen and oxygen atoms in total. The van der Waals surface area contributed by atoms with Gasteiger partial charge in [0.05, 0.1) is 24.5 Å². The Labute approximate surface area is 164 Å². The van der Waals surface area contributed by atoms with Crippen LogP contribution in [-0.2, 0) is 26.0 Å². The SMILES string of the molecule is COC(=O)[C@@]1(Cc2ccnc(-c3ccccc3O)c2)C=C[C@H](NS(C)(=O)=O)C1. The second-order valence-corrected chi connectivity index (χ2v) is 8.73. The molecule has 0 fully saturated rings. The van der Waals surface area contributed by atoms with Crippen LogP contribution in [0.4, 0.5) is 0 Å². The molecule has 0 radical (unpaired) electrons. The minimum Gasteiger partial charge on any atom is -0.507 e. The Morgan fingerprint density at radius 3 is 2.79 bits per heavy atom. The highest BCUT2D eigenvalue weighted by molar-refractivity contribution is 7.88. The van der Waals surface area contributed by atoms with E-state index in [0.717, 1.165) is 11.8 Å². The number of esters is 1. The molecule has 8 heteroatoms. The summed E-state index contributed by atoms with van der Waals surface area (Å²) in [5.41, 5.74) is 1.02. The van der Waals surface area contributed by atoms with Crippen molar-refractivity contribution >= 4 is 16.0 Å². The number of sulfonamides is 1. The quantitative estimate of drug-likeness (QED) is 0.566. The summed E-state index contributed by atoms with van der Waals surface area (Å²) in [6.07, 6.45) is 6.68.